The van der Waals surface area contributed by atoms with Crippen molar-refractivity contribution < 1.29 is 4.39 Å². The Morgan fingerprint density at radius 3 is 2.64 bits per heavy atom. The largest absolute Gasteiger partial charge is 0.367 e. The van der Waals surface area contributed by atoms with E-state index in [-0.39, 0.29) is 5.82 Å². The van der Waals surface area contributed by atoms with E-state index < -0.39 is 0 Å². The summed E-state index contributed by atoms with van der Waals surface area (Å²) in [5.74, 6) is -0.121. The molecular weight excluding hydrogens is 317 g/mol. The molecule has 1 aliphatic rings. The molecule has 0 aliphatic carbocycles. The molecule has 1 fully saturated rings. The fourth-order valence-corrected chi connectivity index (χ4v) is 3.32. The van der Waals surface area contributed by atoms with E-state index >= 15 is 0 Å². The zero-order valence-electron chi connectivity index (χ0n) is 15.2. The van der Waals surface area contributed by atoms with Gasteiger partial charge in [-0.3, -0.25) is 9.58 Å². The number of hydrogen-bond donors (Lipinski definition) is 1. The van der Waals surface area contributed by atoms with Crippen molar-refractivity contribution in [3.63, 3.8) is 0 Å². The van der Waals surface area contributed by atoms with Crippen molar-refractivity contribution in [1.29, 1.82) is 0 Å². The van der Waals surface area contributed by atoms with E-state index in [0.29, 0.717) is 6.04 Å². The SMILES string of the molecule is CC(NCCCN1CCN(c2ccccc2F)CC1)c1cnn(C)c1. The molecule has 0 radical (unpaired) electrons. The van der Waals surface area contributed by atoms with Crippen LogP contribution in [0.15, 0.2) is 36.7 Å². The molecule has 0 spiro atoms. The van der Waals surface area contributed by atoms with Crippen LogP contribution in [0.3, 0.4) is 0 Å². The molecule has 1 saturated heterocycles. The van der Waals surface area contributed by atoms with E-state index in [1.807, 2.05) is 30.1 Å². The van der Waals surface area contributed by atoms with Crippen LogP contribution in [0.1, 0.15) is 24.9 Å². The second-order valence-corrected chi connectivity index (χ2v) is 6.76. The average Bonchev–Trinajstić information content (AvgIpc) is 3.06. The van der Waals surface area contributed by atoms with Gasteiger partial charge < -0.3 is 10.2 Å². The van der Waals surface area contributed by atoms with Crippen molar-refractivity contribution in [3.8, 4) is 0 Å². The highest BCUT2D eigenvalue weighted by Gasteiger charge is 2.18. The number of aromatic nitrogens is 2. The van der Waals surface area contributed by atoms with Crippen LogP contribution in [0.4, 0.5) is 10.1 Å². The van der Waals surface area contributed by atoms with Gasteiger partial charge in [-0.05, 0) is 38.6 Å². The molecule has 136 valence electrons. The molecule has 25 heavy (non-hydrogen) atoms. The third kappa shape index (κ3) is 4.80. The molecule has 3 rings (SSSR count). The molecule has 1 atom stereocenters. The van der Waals surface area contributed by atoms with Crippen LogP contribution in [0.25, 0.3) is 0 Å². The average molecular weight is 345 g/mol. The molecule has 1 aliphatic heterocycles. The number of aryl methyl sites for hydroxylation is 1. The van der Waals surface area contributed by atoms with Gasteiger partial charge in [-0.2, -0.15) is 5.10 Å². The molecule has 1 aromatic carbocycles. The Hall–Kier alpha value is -1.92. The minimum atomic E-state index is -0.121. The van der Waals surface area contributed by atoms with E-state index in [4.69, 9.17) is 0 Å². The van der Waals surface area contributed by atoms with Gasteiger partial charge in [0.25, 0.3) is 0 Å². The first-order valence-electron chi connectivity index (χ1n) is 9.07. The number of nitrogens with zero attached hydrogens (tertiary/aromatic N) is 4. The first kappa shape index (κ1) is 17.9. The summed E-state index contributed by atoms with van der Waals surface area (Å²) in [7, 11) is 1.94. The Bertz CT molecular complexity index is 663. The highest BCUT2D eigenvalue weighted by atomic mass is 19.1. The zero-order chi connectivity index (χ0) is 17.6. The third-order valence-corrected chi connectivity index (χ3v) is 4.89. The maximum Gasteiger partial charge on any atom is 0.146 e. The number of anilines is 1. The van der Waals surface area contributed by atoms with Gasteiger partial charge in [-0.25, -0.2) is 4.39 Å². The number of benzene rings is 1. The summed E-state index contributed by atoms with van der Waals surface area (Å²) < 4.78 is 15.7. The summed E-state index contributed by atoms with van der Waals surface area (Å²) in [4.78, 5) is 4.61. The number of rotatable bonds is 7. The van der Waals surface area contributed by atoms with Gasteiger partial charge in [-0.1, -0.05) is 12.1 Å². The topological polar surface area (TPSA) is 36.3 Å². The summed E-state index contributed by atoms with van der Waals surface area (Å²) in [5.41, 5.74) is 1.95. The molecule has 0 bridgehead atoms. The van der Waals surface area contributed by atoms with Crippen molar-refractivity contribution >= 4 is 5.69 Å². The van der Waals surface area contributed by atoms with E-state index in [2.05, 4.69) is 33.3 Å². The van der Waals surface area contributed by atoms with Crippen molar-refractivity contribution in [1.82, 2.24) is 20.0 Å². The monoisotopic (exact) mass is 345 g/mol. The number of hydrogen-bond acceptors (Lipinski definition) is 4. The van der Waals surface area contributed by atoms with Gasteiger partial charge >= 0.3 is 0 Å². The van der Waals surface area contributed by atoms with Crippen molar-refractivity contribution in [2.75, 3.05) is 44.2 Å². The lowest BCUT2D eigenvalue weighted by molar-refractivity contribution is 0.252. The van der Waals surface area contributed by atoms with Crippen LogP contribution in [0, 0.1) is 5.82 Å². The van der Waals surface area contributed by atoms with Crippen LogP contribution in [-0.4, -0.2) is 53.9 Å². The van der Waals surface area contributed by atoms with Crippen molar-refractivity contribution in [2.45, 2.75) is 19.4 Å². The quantitative estimate of drug-likeness (QED) is 0.782. The maximum atomic E-state index is 13.9. The van der Waals surface area contributed by atoms with Gasteiger partial charge in [0.1, 0.15) is 5.82 Å². The minimum Gasteiger partial charge on any atom is -0.367 e. The summed E-state index contributed by atoms with van der Waals surface area (Å²) in [5, 5.41) is 7.77. The van der Waals surface area contributed by atoms with E-state index in [9.17, 15) is 4.39 Å². The van der Waals surface area contributed by atoms with Gasteiger partial charge in [-0.15, -0.1) is 0 Å². The van der Waals surface area contributed by atoms with Gasteiger partial charge in [0.2, 0.25) is 0 Å². The minimum absolute atomic E-state index is 0.121. The molecule has 2 aromatic rings. The molecule has 5 nitrogen and oxygen atoms in total. The van der Waals surface area contributed by atoms with Crippen LogP contribution in [0.5, 0.6) is 0 Å². The second kappa shape index (κ2) is 8.45. The molecule has 0 saturated carbocycles. The fourth-order valence-electron chi connectivity index (χ4n) is 3.32. The van der Waals surface area contributed by atoms with Crippen molar-refractivity contribution in [3.05, 3.63) is 48.0 Å². The first-order valence-corrected chi connectivity index (χ1v) is 9.07. The van der Waals surface area contributed by atoms with E-state index in [0.717, 1.165) is 51.4 Å². The highest BCUT2D eigenvalue weighted by molar-refractivity contribution is 5.47. The lowest BCUT2D eigenvalue weighted by atomic mass is 10.2. The van der Waals surface area contributed by atoms with Crippen molar-refractivity contribution in [2.24, 2.45) is 7.05 Å². The predicted octanol–water partition coefficient (Wildman–Crippen LogP) is 2.42. The molecule has 1 aromatic heterocycles. The Morgan fingerprint density at radius 1 is 1.20 bits per heavy atom. The molecule has 1 unspecified atom stereocenters. The molecule has 2 heterocycles. The van der Waals surface area contributed by atoms with Crippen LogP contribution < -0.4 is 10.2 Å². The predicted molar refractivity (Wildman–Crippen MR) is 99.3 cm³/mol. The maximum absolute atomic E-state index is 13.9. The zero-order valence-corrected chi connectivity index (χ0v) is 15.2. The Labute approximate surface area is 149 Å². The second-order valence-electron chi connectivity index (χ2n) is 6.76. The summed E-state index contributed by atoms with van der Waals surface area (Å²) in [6.45, 7) is 8.01. The smallest absolute Gasteiger partial charge is 0.146 e. The lowest BCUT2D eigenvalue weighted by Crippen LogP contribution is -2.47. The Kier molecular flexibility index (Phi) is 6.04. The first-order chi connectivity index (χ1) is 12.1. The summed E-state index contributed by atoms with van der Waals surface area (Å²) >= 11 is 0. The van der Waals surface area contributed by atoms with Gasteiger partial charge in [0, 0.05) is 51.0 Å². The number of para-hydroxylation sites is 1. The molecular formula is C19H28FN5. The van der Waals surface area contributed by atoms with E-state index in [1.165, 1.54) is 11.6 Å². The normalized spacial score (nSPS) is 17.0. The third-order valence-electron chi connectivity index (χ3n) is 4.89. The number of halogens is 1. The summed E-state index contributed by atoms with van der Waals surface area (Å²) in [6, 6.07) is 7.38. The van der Waals surface area contributed by atoms with Gasteiger partial charge in [0.15, 0.2) is 0 Å². The summed E-state index contributed by atoms with van der Waals surface area (Å²) in [6.07, 6.45) is 5.09. The Balaban J connectivity index is 1.35. The Morgan fingerprint density at radius 2 is 1.96 bits per heavy atom. The highest BCUT2D eigenvalue weighted by Crippen LogP contribution is 2.20. The van der Waals surface area contributed by atoms with Gasteiger partial charge in [0.05, 0.1) is 11.9 Å². The lowest BCUT2D eigenvalue weighted by Gasteiger charge is -2.36. The number of nitrogens with one attached hydrogen (secondary N) is 1. The van der Waals surface area contributed by atoms with Crippen LogP contribution in [0.2, 0.25) is 0 Å². The van der Waals surface area contributed by atoms with E-state index in [1.54, 1.807) is 6.07 Å². The fraction of sp³-hybridized carbons (Fsp3) is 0.526. The van der Waals surface area contributed by atoms with Crippen LogP contribution in [-0.2, 0) is 7.05 Å². The number of piperazine rings is 1. The molecule has 0 amide bonds. The standard InChI is InChI=1S/C19H28FN5/c1-16(17-14-22-23(2)15-17)21-8-5-9-24-10-12-25(13-11-24)19-7-4-3-6-18(19)20/h3-4,6-7,14-16,21H,5,8-13H2,1-2H3. The molecule has 1 N–H and O–H groups in total. The molecule has 6 heteroatoms. The van der Waals surface area contributed by atoms with Crippen LogP contribution >= 0.6 is 0 Å².